The molecule has 0 amide bonds. The summed E-state index contributed by atoms with van der Waals surface area (Å²) < 4.78 is 4.96. The molecule has 0 bridgehead atoms. The van der Waals surface area contributed by atoms with Gasteiger partial charge in [-0.25, -0.2) is 4.79 Å². The van der Waals surface area contributed by atoms with Crippen molar-refractivity contribution in [3.63, 3.8) is 0 Å². The van der Waals surface area contributed by atoms with Crippen LogP contribution in [0.15, 0.2) is 18.2 Å². The number of nitrogen functional groups attached to an aromatic ring is 1. The van der Waals surface area contributed by atoms with Gasteiger partial charge in [-0.2, -0.15) is 23.5 Å². The summed E-state index contributed by atoms with van der Waals surface area (Å²) in [5.41, 5.74) is 7.96. The summed E-state index contributed by atoms with van der Waals surface area (Å²) in [5.74, 6) is 3.31. The minimum Gasteiger partial charge on any atom is -0.462 e. The molecule has 20 heavy (non-hydrogen) atoms. The molecule has 6 heteroatoms. The van der Waals surface area contributed by atoms with Crippen LogP contribution in [0.25, 0.3) is 0 Å². The molecule has 1 heterocycles. The monoisotopic (exact) mass is 312 g/mol. The van der Waals surface area contributed by atoms with Gasteiger partial charge in [0.2, 0.25) is 0 Å². The predicted octanol–water partition coefficient (Wildman–Crippen LogP) is 2.71. The molecule has 1 aromatic carbocycles. The number of hydrogen-bond donors (Lipinski definition) is 2. The maximum Gasteiger partial charge on any atom is 0.338 e. The fourth-order valence-electron chi connectivity index (χ4n) is 1.94. The Hall–Kier alpha value is -1.01. The van der Waals surface area contributed by atoms with Gasteiger partial charge < -0.3 is 15.8 Å². The number of thioether (sulfide) groups is 2. The van der Waals surface area contributed by atoms with Crippen molar-refractivity contribution in [2.75, 3.05) is 41.5 Å². The lowest BCUT2D eigenvalue weighted by Gasteiger charge is -2.22. The Bertz CT molecular complexity index is 462. The van der Waals surface area contributed by atoms with Gasteiger partial charge in [-0.1, -0.05) is 0 Å². The van der Waals surface area contributed by atoms with Crippen molar-refractivity contribution in [1.29, 1.82) is 0 Å². The second kappa shape index (κ2) is 7.69. The third-order valence-electron chi connectivity index (χ3n) is 2.97. The van der Waals surface area contributed by atoms with E-state index in [-0.39, 0.29) is 5.97 Å². The van der Waals surface area contributed by atoms with Crippen LogP contribution >= 0.6 is 23.5 Å². The second-order valence-electron chi connectivity index (χ2n) is 4.47. The number of rotatable bonds is 5. The average molecular weight is 312 g/mol. The van der Waals surface area contributed by atoms with Crippen molar-refractivity contribution in [3.05, 3.63) is 23.8 Å². The van der Waals surface area contributed by atoms with Gasteiger partial charge in [-0.05, 0) is 25.1 Å². The lowest BCUT2D eigenvalue weighted by atomic mass is 10.1. The number of benzene rings is 1. The smallest absolute Gasteiger partial charge is 0.338 e. The number of carbonyl (C=O) groups excluding carboxylic acids is 1. The fourth-order valence-corrected chi connectivity index (χ4v) is 4.56. The molecule has 0 radical (unpaired) electrons. The first kappa shape index (κ1) is 15.4. The molecule has 1 aliphatic rings. The van der Waals surface area contributed by atoms with Crippen LogP contribution in [0.1, 0.15) is 17.3 Å². The zero-order chi connectivity index (χ0) is 14.4. The summed E-state index contributed by atoms with van der Waals surface area (Å²) in [5, 5.41) is 3.99. The molecule has 1 aromatic rings. The van der Waals surface area contributed by atoms with Crippen molar-refractivity contribution in [2.45, 2.75) is 12.2 Å². The maximum absolute atomic E-state index is 11.6. The van der Waals surface area contributed by atoms with E-state index >= 15 is 0 Å². The summed E-state index contributed by atoms with van der Waals surface area (Å²) in [7, 11) is 0. The number of esters is 1. The quantitative estimate of drug-likeness (QED) is 0.644. The standard InChI is InChI=1S/C14H20N2O2S2/c1-2-18-14(17)10-3-4-13(12(15)7-10)16-8-11-9-19-5-6-20-11/h3-4,7,11,16H,2,5-6,8-9,15H2,1H3. The average Bonchev–Trinajstić information content (AvgIpc) is 2.47. The summed E-state index contributed by atoms with van der Waals surface area (Å²) in [6.45, 7) is 3.06. The van der Waals surface area contributed by atoms with Gasteiger partial charge in [0.15, 0.2) is 0 Å². The number of nitrogens with two attached hydrogens (primary N) is 1. The first-order chi connectivity index (χ1) is 9.70. The molecule has 1 fully saturated rings. The van der Waals surface area contributed by atoms with Crippen LogP contribution in [-0.4, -0.2) is 41.6 Å². The third-order valence-corrected chi connectivity index (χ3v) is 5.81. The molecule has 2 rings (SSSR count). The molecule has 1 aliphatic heterocycles. The number of nitrogens with one attached hydrogen (secondary N) is 1. The normalized spacial score (nSPS) is 18.6. The number of hydrogen-bond acceptors (Lipinski definition) is 6. The zero-order valence-electron chi connectivity index (χ0n) is 11.6. The van der Waals surface area contributed by atoms with E-state index in [9.17, 15) is 4.79 Å². The van der Waals surface area contributed by atoms with Crippen LogP contribution in [0.5, 0.6) is 0 Å². The molecular formula is C14H20N2O2S2. The summed E-state index contributed by atoms with van der Waals surface area (Å²) in [4.78, 5) is 11.6. The Balaban J connectivity index is 1.93. The van der Waals surface area contributed by atoms with E-state index in [1.54, 1.807) is 19.1 Å². The molecule has 1 saturated heterocycles. The molecule has 4 nitrogen and oxygen atoms in total. The molecule has 110 valence electrons. The Morgan fingerprint density at radius 1 is 1.50 bits per heavy atom. The minimum atomic E-state index is -0.329. The van der Waals surface area contributed by atoms with Gasteiger partial charge in [0, 0.05) is 29.1 Å². The van der Waals surface area contributed by atoms with E-state index in [4.69, 9.17) is 10.5 Å². The van der Waals surface area contributed by atoms with Gasteiger partial charge >= 0.3 is 5.97 Å². The maximum atomic E-state index is 11.6. The summed E-state index contributed by atoms with van der Waals surface area (Å²) in [6, 6.07) is 5.27. The Kier molecular flexibility index (Phi) is 5.91. The molecule has 0 aliphatic carbocycles. The zero-order valence-corrected chi connectivity index (χ0v) is 13.2. The molecular weight excluding hydrogens is 292 g/mol. The van der Waals surface area contributed by atoms with E-state index in [1.807, 2.05) is 29.6 Å². The second-order valence-corrected chi connectivity index (χ2v) is 7.03. The number of ether oxygens (including phenoxy) is 1. The molecule has 0 saturated carbocycles. The van der Waals surface area contributed by atoms with Crippen LogP contribution in [0.2, 0.25) is 0 Å². The van der Waals surface area contributed by atoms with Crippen molar-refractivity contribution in [1.82, 2.24) is 0 Å². The lowest BCUT2D eigenvalue weighted by Crippen LogP contribution is -2.23. The largest absolute Gasteiger partial charge is 0.462 e. The molecule has 3 N–H and O–H groups in total. The number of carbonyl (C=O) groups is 1. The Morgan fingerprint density at radius 2 is 2.35 bits per heavy atom. The molecule has 1 unspecified atom stereocenters. The minimum absolute atomic E-state index is 0.329. The van der Waals surface area contributed by atoms with E-state index in [2.05, 4.69) is 5.32 Å². The van der Waals surface area contributed by atoms with Crippen molar-refractivity contribution in [2.24, 2.45) is 0 Å². The van der Waals surface area contributed by atoms with Gasteiger partial charge in [0.05, 0.1) is 23.5 Å². The highest BCUT2D eigenvalue weighted by molar-refractivity contribution is 8.06. The van der Waals surface area contributed by atoms with Gasteiger partial charge in [-0.3, -0.25) is 0 Å². The van der Waals surface area contributed by atoms with Gasteiger partial charge in [0.1, 0.15) is 0 Å². The Morgan fingerprint density at radius 3 is 3.00 bits per heavy atom. The first-order valence-corrected chi connectivity index (χ1v) is 8.91. The van der Waals surface area contributed by atoms with Gasteiger partial charge in [0.25, 0.3) is 0 Å². The van der Waals surface area contributed by atoms with E-state index in [0.717, 1.165) is 12.2 Å². The highest BCUT2D eigenvalue weighted by Gasteiger charge is 2.15. The first-order valence-electron chi connectivity index (χ1n) is 6.70. The van der Waals surface area contributed by atoms with Crippen LogP contribution in [-0.2, 0) is 4.74 Å². The van der Waals surface area contributed by atoms with Gasteiger partial charge in [-0.15, -0.1) is 0 Å². The lowest BCUT2D eigenvalue weighted by molar-refractivity contribution is 0.0526. The summed E-state index contributed by atoms with van der Waals surface area (Å²) >= 11 is 4.01. The summed E-state index contributed by atoms with van der Waals surface area (Å²) in [6.07, 6.45) is 0. The topological polar surface area (TPSA) is 64.3 Å². The highest BCUT2D eigenvalue weighted by Crippen LogP contribution is 2.26. The van der Waals surface area contributed by atoms with E-state index in [1.165, 1.54) is 17.3 Å². The van der Waals surface area contributed by atoms with Crippen LogP contribution in [0, 0.1) is 0 Å². The Labute approximate surface area is 128 Å². The number of anilines is 2. The highest BCUT2D eigenvalue weighted by atomic mass is 32.2. The van der Waals surface area contributed by atoms with Crippen molar-refractivity contribution in [3.8, 4) is 0 Å². The molecule has 0 aromatic heterocycles. The van der Waals surface area contributed by atoms with E-state index in [0.29, 0.717) is 23.1 Å². The predicted molar refractivity (Wildman–Crippen MR) is 88.9 cm³/mol. The van der Waals surface area contributed by atoms with Crippen molar-refractivity contribution >= 4 is 40.9 Å². The van der Waals surface area contributed by atoms with Crippen LogP contribution < -0.4 is 11.1 Å². The third kappa shape index (κ3) is 4.24. The van der Waals surface area contributed by atoms with E-state index < -0.39 is 0 Å². The SMILES string of the molecule is CCOC(=O)c1ccc(NCC2CSCCS2)c(N)c1. The fraction of sp³-hybridized carbons (Fsp3) is 0.500. The van der Waals surface area contributed by atoms with Crippen LogP contribution in [0.3, 0.4) is 0 Å². The molecule has 1 atom stereocenters. The van der Waals surface area contributed by atoms with Crippen LogP contribution in [0.4, 0.5) is 11.4 Å². The van der Waals surface area contributed by atoms with Crippen molar-refractivity contribution < 1.29 is 9.53 Å². The molecule has 0 spiro atoms.